The Kier molecular flexibility index (Phi) is 6.59. The topological polar surface area (TPSA) is 58.2 Å². The number of thiophene rings is 1. The largest absolute Gasteiger partial charge is 0.350 e. The lowest BCUT2D eigenvalue weighted by Gasteiger charge is -2.21. The number of hydrogen-bond donors (Lipinski definition) is 2. The molecule has 1 aromatic carbocycles. The number of carbonyl (C=O) groups excluding carboxylic acids is 2. The van der Waals surface area contributed by atoms with E-state index in [2.05, 4.69) is 55.7 Å². The van der Waals surface area contributed by atoms with Crippen LogP contribution in [0.4, 0.5) is 0 Å². The smallest absolute Gasteiger partial charge is 0.222 e. The van der Waals surface area contributed by atoms with Crippen LogP contribution in [0.1, 0.15) is 69.1 Å². The van der Waals surface area contributed by atoms with Crippen molar-refractivity contribution in [1.82, 2.24) is 10.6 Å². The van der Waals surface area contributed by atoms with Crippen molar-refractivity contribution < 1.29 is 9.59 Å². The molecule has 2 atom stereocenters. The fourth-order valence-electron chi connectivity index (χ4n) is 2.80. The summed E-state index contributed by atoms with van der Waals surface area (Å²) in [5.41, 5.74) is 2.44. The normalized spacial score (nSPS) is 13.7. The molecule has 0 radical (unpaired) electrons. The third kappa shape index (κ3) is 5.70. The molecule has 2 N–H and O–H groups in total. The lowest BCUT2D eigenvalue weighted by atomic mass is 9.86. The SMILES string of the molecule is CC(=O)N[C@H](CC(=O)N[C@H](C)c1ccc(C(C)(C)C)cc1)c1cccs1. The summed E-state index contributed by atoms with van der Waals surface area (Å²) in [4.78, 5) is 24.9. The van der Waals surface area contributed by atoms with Crippen molar-refractivity contribution >= 4 is 23.2 Å². The van der Waals surface area contributed by atoms with Crippen molar-refractivity contribution in [3.05, 3.63) is 57.8 Å². The van der Waals surface area contributed by atoms with Crippen molar-refractivity contribution in [1.29, 1.82) is 0 Å². The summed E-state index contributed by atoms with van der Waals surface area (Å²) in [5, 5.41) is 7.84. The summed E-state index contributed by atoms with van der Waals surface area (Å²) in [6.45, 7) is 9.99. The Morgan fingerprint density at radius 2 is 1.73 bits per heavy atom. The molecule has 2 amide bonds. The number of amides is 2. The monoisotopic (exact) mass is 372 g/mol. The van der Waals surface area contributed by atoms with Gasteiger partial charge in [-0.2, -0.15) is 0 Å². The molecule has 0 aliphatic rings. The fourth-order valence-corrected chi connectivity index (χ4v) is 3.58. The molecule has 0 spiro atoms. The molecular formula is C21H28N2O2S. The van der Waals surface area contributed by atoms with Gasteiger partial charge in [-0.3, -0.25) is 9.59 Å². The molecule has 1 aromatic heterocycles. The molecule has 0 fully saturated rings. The molecule has 0 bridgehead atoms. The zero-order valence-electron chi connectivity index (χ0n) is 16.1. The minimum atomic E-state index is -0.289. The second-order valence-electron chi connectivity index (χ2n) is 7.63. The van der Waals surface area contributed by atoms with E-state index in [4.69, 9.17) is 0 Å². The van der Waals surface area contributed by atoms with Crippen molar-refractivity contribution in [2.45, 2.75) is 58.5 Å². The van der Waals surface area contributed by atoms with E-state index in [1.54, 1.807) is 0 Å². The number of rotatable bonds is 6. The Morgan fingerprint density at radius 3 is 2.23 bits per heavy atom. The summed E-state index contributed by atoms with van der Waals surface area (Å²) < 4.78 is 0. The zero-order valence-corrected chi connectivity index (χ0v) is 16.9. The fraction of sp³-hybridized carbons (Fsp3) is 0.429. The first-order valence-electron chi connectivity index (χ1n) is 8.87. The Labute approximate surface area is 160 Å². The van der Waals surface area contributed by atoms with Crippen LogP contribution in [-0.2, 0) is 15.0 Å². The second kappa shape index (κ2) is 8.49. The van der Waals surface area contributed by atoms with Gasteiger partial charge in [0.15, 0.2) is 0 Å². The summed E-state index contributed by atoms with van der Waals surface area (Å²) in [6.07, 6.45) is 0.227. The first-order chi connectivity index (χ1) is 12.2. The summed E-state index contributed by atoms with van der Waals surface area (Å²) in [5.74, 6) is -0.216. The molecule has 0 aliphatic carbocycles. The van der Waals surface area contributed by atoms with E-state index in [1.165, 1.54) is 23.8 Å². The van der Waals surface area contributed by atoms with Gasteiger partial charge >= 0.3 is 0 Å². The molecule has 0 unspecified atom stereocenters. The van der Waals surface area contributed by atoms with Crippen LogP contribution in [0.5, 0.6) is 0 Å². The van der Waals surface area contributed by atoms with Crippen LogP contribution < -0.4 is 10.6 Å². The molecule has 26 heavy (non-hydrogen) atoms. The van der Waals surface area contributed by atoms with Crippen molar-refractivity contribution in [3.8, 4) is 0 Å². The molecule has 0 saturated carbocycles. The van der Waals surface area contributed by atoms with Gasteiger partial charge in [-0.25, -0.2) is 0 Å². The number of benzene rings is 1. The molecule has 0 aliphatic heterocycles. The average Bonchev–Trinajstić information content (AvgIpc) is 3.07. The van der Waals surface area contributed by atoms with Gasteiger partial charge in [0.05, 0.1) is 18.5 Å². The average molecular weight is 373 g/mol. The molecule has 1 heterocycles. The van der Waals surface area contributed by atoms with Crippen LogP contribution in [0.2, 0.25) is 0 Å². The predicted octanol–water partition coefficient (Wildman–Crippen LogP) is 4.49. The zero-order chi connectivity index (χ0) is 19.3. The highest BCUT2D eigenvalue weighted by molar-refractivity contribution is 7.10. The van der Waals surface area contributed by atoms with Crippen LogP contribution in [0.15, 0.2) is 41.8 Å². The van der Waals surface area contributed by atoms with Crippen LogP contribution in [0, 0.1) is 0 Å². The van der Waals surface area contributed by atoms with Gasteiger partial charge in [0.25, 0.3) is 0 Å². The van der Waals surface area contributed by atoms with Gasteiger partial charge in [-0.15, -0.1) is 11.3 Å². The number of nitrogens with one attached hydrogen (secondary N) is 2. The Hall–Kier alpha value is -2.14. The van der Waals surface area contributed by atoms with Gasteiger partial charge in [-0.1, -0.05) is 51.1 Å². The number of carbonyl (C=O) groups is 2. The minimum absolute atomic E-state index is 0.0791. The Morgan fingerprint density at radius 1 is 1.08 bits per heavy atom. The highest BCUT2D eigenvalue weighted by Gasteiger charge is 2.20. The summed E-state index contributed by atoms with van der Waals surface area (Å²) in [6, 6.07) is 11.8. The van der Waals surface area contributed by atoms with Crippen molar-refractivity contribution in [2.24, 2.45) is 0 Å². The van der Waals surface area contributed by atoms with E-state index < -0.39 is 0 Å². The molecular weight excluding hydrogens is 344 g/mol. The standard InChI is InChI=1S/C21H28N2O2S/c1-14(16-8-10-17(11-9-16)21(3,4)5)22-20(25)13-18(23-15(2)24)19-7-6-12-26-19/h6-12,14,18H,13H2,1-5H3,(H,22,25)(H,23,24)/t14-,18-/m1/s1. The van der Waals surface area contributed by atoms with Gasteiger partial charge in [0.2, 0.25) is 11.8 Å². The lowest BCUT2D eigenvalue weighted by Crippen LogP contribution is -2.33. The first-order valence-corrected chi connectivity index (χ1v) is 9.75. The van der Waals surface area contributed by atoms with Crippen LogP contribution in [-0.4, -0.2) is 11.8 Å². The second-order valence-corrected chi connectivity index (χ2v) is 8.61. The lowest BCUT2D eigenvalue weighted by molar-refractivity contribution is -0.123. The highest BCUT2D eigenvalue weighted by atomic mass is 32.1. The summed E-state index contributed by atoms with van der Waals surface area (Å²) in [7, 11) is 0. The molecule has 5 heteroatoms. The van der Waals surface area contributed by atoms with E-state index in [0.717, 1.165) is 10.4 Å². The van der Waals surface area contributed by atoms with E-state index in [0.29, 0.717) is 0 Å². The van der Waals surface area contributed by atoms with Crippen LogP contribution in [0.3, 0.4) is 0 Å². The Balaban J connectivity index is 2.00. The van der Waals surface area contributed by atoms with E-state index in [1.807, 2.05) is 24.4 Å². The van der Waals surface area contributed by atoms with Crippen LogP contribution in [0.25, 0.3) is 0 Å². The van der Waals surface area contributed by atoms with Gasteiger partial charge in [0, 0.05) is 11.8 Å². The summed E-state index contributed by atoms with van der Waals surface area (Å²) >= 11 is 1.54. The molecule has 4 nitrogen and oxygen atoms in total. The third-order valence-electron chi connectivity index (χ3n) is 4.31. The maximum absolute atomic E-state index is 12.5. The molecule has 2 aromatic rings. The predicted molar refractivity (Wildman–Crippen MR) is 107 cm³/mol. The molecule has 2 rings (SSSR count). The number of hydrogen-bond acceptors (Lipinski definition) is 3. The molecule has 140 valence electrons. The van der Waals surface area contributed by atoms with E-state index in [-0.39, 0.29) is 35.7 Å². The molecule has 0 saturated heterocycles. The van der Waals surface area contributed by atoms with Crippen molar-refractivity contribution in [3.63, 3.8) is 0 Å². The van der Waals surface area contributed by atoms with E-state index in [9.17, 15) is 9.59 Å². The third-order valence-corrected chi connectivity index (χ3v) is 5.29. The first kappa shape index (κ1) is 20.2. The van der Waals surface area contributed by atoms with Gasteiger partial charge < -0.3 is 10.6 Å². The maximum atomic E-state index is 12.5. The van der Waals surface area contributed by atoms with Gasteiger partial charge in [-0.05, 0) is 34.9 Å². The highest BCUT2D eigenvalue weighted by Crippen LogP contribution is 2.25. The van der Waals surface area contributed by atoms with Crippen molar-refractivity contribution in [2.75, 3.05) is 0 Å². The van der Waals surface area contributed by atoms with Crippen LogP contribution >= 0.6 is 11.3 Å². The maximum Gasteiger partial charge on any atom is 0.222 e. The minimum Gasteiger partial charge on any atom is -0.350 e. The quantitative estimate of drug-likeness (QED) is 0.785. The Bertz CT molecular complexity index is 730. The van der Waals surface area contributed by atoms with Gasteiger partial charge in [0.1, 0.15) is 0 Å². The van der Waals surface area contributed by atoms with E-state index >= 15 is 0 Å².